The molecular formula is C21H17ClN2O5S. The van der Waals surface area contributed by atoms with Crippen molar-refractivity contribution >= 4 is 52.5 Å². The number of phenolic OH excluding ortho intramolecular Hbond substituents is 2. The fourth-order valence-corrected chi connectivity index (χ4v) is 3.40. The number of nitrogens with one attached hydrogen (secondary N) is 1. The molecule has 0 radical (unpaired) electrons. The number of ether oxygens (including phenoxy) is 1. The summed E-state index contributed by atoms with van der Waals surface area (Å²) >= 11 is 11.1. The molecule has 0 bridgehead atoms. The zero-order valence-electron chi connectivity index (χ0n) is 15.8. The number of amides is 2. The van der Waals surface area contributed by atoms with Crippen LogP contribution in [0.15, 0.2) is 48.6 Å². The molecule has 1 fully saturated rings. The minimum Gasteiger partial charge on any atom is -0.507 e. The van der Waals surface area contributed by atoms with Gasteiger partial charge in [-0.2, -0.15) is 0 Å². The van der Waals surface area contributed by atoms with Crippen LogP contribution < -0.4 is 15.0 Å². The second-order valence-electron chi connectivity index (χ2n) is 6.27. The number of hydrogen-bond acceptors (Lipinski definition) is 6. The molecule has 0 atom stereocenters. The number of benzene rings is 2. The van der Waals surface area contributed by atoms with E-state index < -0.39 is 11.8 Å². The van der Waals surface area contributed by atoms with Crippen molar-refractivity contribution in [3.8, 4) is 17.2 Å². The van der Waals surface area contributed by atoms with Gasteiger partial charge in [0.25, 0.3) is 11.8 Å². The first-order chi connectivity index (χ1) is 14.3. The van der Waals surface area contributed by atoms with E-state index in [1.807, 2.05) is 0 Å². The van der Waals surface area contributed by atoms with E-state index in [1.54, 1.807) is 24.3 Å². The summed E-state index contributed by atoms with van der Waals surface area (Å²) in [6.45, 7) is 3.63. The number of aromatic hydroxyl groups is 2. The van der Waals surface area contributed by atoms with Crippen LogP contribution >= 0.6 is 23.8 Å². The third-order valence-electron chi connectivity index (χ3n) is 4.43. The van der Waals surface area contributed by atoms with Crippen LogP contribution in [-0.4, -0.2) is 34.2 Å². The van der Waals surface area contributed by atoms with Crippen LogP contribution in [0.4, 0.5) is 5.69 Å². The Morgan fingerprint density at radius 3 is 2.53 bits per heavy atom. The normalized spacial score (nSPS) is 15.3. The van der Waals surface area contributed by atoms with Gasteiger partial charge in [0.05, 0.1) is 12.8 Å². The van der Waals surface area contributed by atoms with Crippen LogP contribution in [0.25, 0.3) is 6.08 Å². The van der Waals surface area contributed by atoms with Gasteiger partial charge in [-0.15, -0.1) is 6.58 Å². The standard InChI is InChI=1S/C21H17ClN2O5S/c1-3-4-13-14(16(25)10-17(29-2)18(13)26)9-15-19(27)23-21(30)24(20(15)28)12-7-5-11(22)6-8-12/h3,5-10,25-26H,1,4H2,2H3,(H,23,27,30). The van der Waals surface area contributed by atoms with E-state index in [1.165, 1.54) is 25.3 Å². The molecule has 3 rings (SSSR count). The molecule has 30 heavy (non-hydrogen) atoms. The van der Waals surface area contributed by atoms with E-state index in [2.05, 4.69) is 11.9 Å². The molecule has 9 heteroatoms. The molecule has 7 nitrogen and oxygen atoms in total. The maximum atomic E-state index is 13.1. The number of carbonyl (C=O) groups excluding carboxylic acids is 2. The van der Waals surface area contributed by atoms with Crippen molar-refractivity contribution in [3.05, 3.63) is 64.7 Å². The summed E-state index contributed by atoms with van der Waals surface area (Å²) in [4.78, 5) is 26.8. The van der Waals surface area contributed by atoms with Crippen LogP contribution in [0, 0.1) is 0 Å². The molecule has 0 saturated carbocycles. The Labute approximate surface area is 182 Å². The summed E-state index contributed by atoms with van der Waals surface area (Å²) in [5, 5.41) is 23.7. The average Bonchev–Trinajstić information content (AvgIpc) is 2.70. The molecule has 1 saturated heterocycles. The Morgan fingerprint density at radius 1 is 1.27 bits per heavy atom. The number of methoxy groups -OCH3 is 1. The van der Waals surface area contributed by atoms with Crippen molar-refractivity contribution in [3.63, 3.8) is 0 Å². The van der Waals surface area contributed by atoms with E-state index in [0.29, 0.717) is 10.7 Å². The molecule has 2 aromatic rings. The van der Waals surface area contributed by atoms with Crippen LogP contribution in [0.5, 0.6) is 17.2 Å². The Bertz CT molecular complexity index is 1100. The number of nitrogens with zero attached hydrogens (tertiary/aromatic N) is 1. The van der Waals surface area contributed by atoms with E-state index >= 15 is 0 Å². The highest BCUT2D eigenvalue weighted by molar-refractivity contribution is 7.80. The third-order valence-corrected chi connectivity index (χ3v) is 4.97. The van der Waals surface area contributed by atoms with Crippen molar-refractivity contribution in [1.82, 2.24) is 5.32 Å². The number of hydrogen-bond donors (Lipinski definition) is 3. The lowest BCUT2D eigenvalue weighted by Crippen LogP contribution is -2.54. The Morgan fingerprint density at radius 2 is 1.93 bits per heavy atom. The van der Waals surface area contributed by atoms with Gasteiger partial charge in [-0.25, -0.2) is 0 Å². The lowest BCUT2D eigenvalue weighted by atomic mass is 9.97. The van der Waals surface area contributed by atoms with E-state index in [0.717, 1.165) is 4.90 Å². The fourth-order valence-electron chi connectivity index (χ4n) is 3.00. The summed E-state index contributed by atoms with van der Waals surface area (Å²) in [5.74, 6) is -1.87. The van der Waals surface area contributed by atoms with E-state index in [9.17, 15) is 19.8 Å². The van der Waals surface area contributed by atoms with Gasteiger partial charge in [-0.3, -0.25) is 19.8 Å². The predicted molar refractivity (Wildman–Crippen MR) is 118 cm³/mol. The molecule has 0 spiro atoms. The monoisotopic (exact) mass is 444 g/mol. The molecule has 1 heterocycles. The smallest absolute Gasteiger partial charge is 0.270 e. The molecular weight excluding hydrogens is 428 g/mol. The molecule has 2 amide bonds. The average molecular weight is 445 g/mol. The summed E-state index contributed by atoms with van der Waals surface area (Å²) in [6, 6.07) is 7.54. The van der Waals surface area contributed by atoms with Gasteiger partial charge in [0, 0.05) is 22.2 Å². The third kappa shape index (κ3) is 3.87. The second kappa shape index (κ2) is 8.56. The molecule has 0 aliphatic carbocycles. The number of thiocarbonyl (C=S) groups is 1. The molecule has 154 valence electrons. The number of carbonyl (C=O) groups is 2. The largest absolute Gasteiger partial charge is 0.507 e. The van der Waals surface area contributed by atoms with Gasteiger partial charge >= 0.3 is 0 Å². The van der Waals surface area contributed by atoms with Gasteiger partial charge in [-0.1, -0.05) is 17.7 Å². The van der Waals surface area contributed by atoms with Crippen molar-refractivity contribution in [2.45, 2.75) is 6.42 Å². The Balaban J connectivity index is 2.14. The highest BCUT2D eigenvalue weighted by Gasteiger charge is 2.35. The zero-order chi connectivity index (χ0) is 22.0. The first-order valence-electron chi connectivity index (χ1n) is 8.68. The maximum absolute atomic E-state index is 13.1. The van der Waals surface area contributed by atoms with Crippen molar-refractivity contribution in [2.24, 2.45) is 0 Å². The SMILES string of the molecule is C=CCc1c(O)c(OC)cc(O)c1C=C1C(=O)NC(=S)N(c2ccc(Cl)cc2)C1=O. The van der Waals surface area contributed by atoms with Crippen molar-refractivity contribution in [2.75, 3.05) is 12.0 Å². The lowest BCUT2D eigenvalue weighted by Gasteiger charge is -2.29. The lowest BCUT2D eigenvalue weighted by molar-refractivity contribution is -0.122. The van der Waals surface area contributed by atoms with Gasteiger partial charge in [0.2, 0.25) is 0 Å². The van der Waals surface area contributed by atoms with E-state index in [-0.39, 0.29) is 45.5 Å². The first-order valence-corrected chi connectivity index (χ1v) is 9.46. The van der Waals surface area contributed by atoms with E-state index in [4.69, 9.17) is 28.6 Å². The van der Waals surface area contributed by atoms with Crippen LogP contribution in [0.1, 0.15) is 11.1 Å². The van der Waals surface area contributed by atoms with Gasteiger partial charge in [0.1, 0.15) is 11.3 Å². The number of rotatable bonds is 5. The van der Waals surface area contributed by atoms with Gasteiger partial charge < -0.3 is 14.9 Å². The zero-order valence-corrected chi connectivity index (χ0v) is 17.4. The second-order valence-corrected chi connectivity index (χ2v) is 7.09. The number of anilines is 1. The minimum atomic E-state index is -0.727. The van der Waals surface area contributed by atoms with Gasteiger partial charge in [-0.05, 0) is 49.0 Å². The maximum Gasteiger partial charge on any atom is 0.270 e. The molecule has 3 N–H and O–H groups in total. The summed E-state index contributed by atoms with van der Waals surface area (Å²) < 4.78 is 5.05. The molecule has 0 unspecified atom stereocenters. The molecule has 1 aliphatic heterocycles. The topological polar surface area (TPSA) is 99.1 Å². The van der Waals surface area contributed by atoms with Crippen LogP contribution in [-0.2, 0) is 16.0 Å². The number of halogens is 1. The summed E-state index contributed by atoms with van der Waals surface area (Å²) in [7, 11) is 1.34. The summed E-state index contributed by atoms with van der Waals surface area (Å²) in [6.07, 6.45) is 2.87. The minimum absolute atomic E-state index is 0.0508. The quantitative estimate of drug-likeness (QED) is 0.215. The molecule has 0 aromatic heterocycles. The number of allylic oxidation sites excluding steroid dienone is 1. The Kier molecular flexibility index (Phi) is 6.09. The van der Waals surface area contributed by atoms with Crippen molar-refractivity contribution in [1.29, 1.82) is 0 Å². The highest BCUT2D eigenvalue weighted by Crippen LogP contribution is 2.40. The highest BCUT2D eigenvalue weighted by atomic mass is 35.5. The molecule has 1 aliphatic rings. The first kappa shape index (κ1) is 21.4. The van der Waals surface area contributed by atoms with Gasteiger partial charge in [0.15, 0.2) is 16.6 Å². The molecule has 2 aromatic carbocycles. The van der Waals surface area contributed by atoms with Crippen LogP contribution in [0.3, 0.4) is 0 Å². The number of phenols is 2. The van der Waals surface area contributed by atoms with Crippen molar-refractivity contribution < 1.29 is 24.5 Å². The predicted octanol–water partition coefficient (Wildman–Crippen LogP) is 3.32. The Hall–Kier alpha value is -3.36. The van der Waals surface area contributed by atoms with Crippen LogP contribution in [0.2, 0.25) is 5.02 Å². The summed E-state index contributed by atoms with van der Waals surface area (Å²) in [5.41, 5.74) is 0.480. The fraction of sp³-hybridized carbons (Fsp3) is 0.0952.